The fourth-order valence-corrected chi connectivity index (χ4v) is 2.56. The fourth-order valence-electron chi connectivity index (χ4n) is 2.33. The predicted molar refractivity (Wildman–Crippen MR) is 85.6 cm³/mol. The topological polar surface area (TPSA) is 75.2 Å². The number of hydrogen-bond donors (Lipinski definition) is 1. The summed E-state index contributed by atoms with van der Waals surface area (Å²) in [5.74, 6) is 1.62. The van der Waals surface area contributed by atoms with Crippen LogP contribution in [-0.4, -0.2) is 28.8 Å². The summed E-state index contributed by atoms with van der Waals surface area (Å²) in [5.41, 5.74) is 7.39. The molecule has 2 aromatic heterocycles. The maximum atomic E-state index is 6.09. The van der Waals surface area contributed by atoms with E-state index < -0.39 is 0 Å². The van der Waals surface area contributed by atoms with Crippen molar-refractivity contribution in [1.82, 2.24) is 14.5 Å². The van der Waals surface area contributed by atoms with E-state index in [2.05, 4.69) is 9.97 Å². The van der Waals surface area contributed by atoms with Gasteiger partial charge in [0.05, 0.1) is 19.6 Å². The van der Waals surface area contributed by atoms with Crippen LogP contribution in [0.2, 0.25) is 5.15 Å². The van der Waals surface area contributed by atoms with Crippen LogP contribution in [0.3, 0.4) is 0 Å². The van der Waals surface area contributed by atoms with Gasteiger partial charge in [-0.05, 0) is 23.8 Å². The standard InChI is InChI=1S/C15H15ClN4O2/c1-21-10-5-9(6-11(7-10)22-2)8-20-4-3-12-13(16)18-15(17)19-14(12)20/h3-7H,8H2,1-2H3,(H2,17,18,19). The predicted octanol–water partition coefficient (Wildman–Crippen LogP) is 2.73. The van der Waals surface area contributed by atoms with Crippen molar-refractivity contribution >= 4 is 28.6 Å². The summed E-state index contributed by atoms with van der Waals surface area (Å²) in [4.78, 5) is 8.22. The van der Waals surface area contributed by atoms with Crippen LogP contribution < -0.4 is 15.2 Å². The summed E-state index contributed by atoms with van der Waals surface area (Å²) < 4.78 is 12.5. The van der Waals surface area contributed by atoms with E-state index in [9.17, 15) is 0 Å². The van der Waals surface area contributed by atoms with Gasteiger partial charge in [0, 0.05) is 18.8 Å². The van der Waals surface area contributed by atoms with Crippen molar-refractivity contribution in [2.45, 2.75) is 6.54 Å². The minimum Gasteiger partial charge on any atom is -0.497 e. The summed E-state index contributed by atoms with van der Waals surface area (Å²) in [6, 6.07) is 7.59. The van der Waals surface area contributed by atoms with Crippen LogP contribution in [0.4, 0.5) is 5.95 Å². The molecule has 0 atom stereocenters. The highest BCUT2D eigenvalue weighted by molar-refractivity contribution is 6.34. The Morgan fingerprint density at radius 1 is 1.14 bits per heavy atom. The van der Waals surface area contributed by atoms with E-state index in [1.807, 2.05) is 35.0 Å². The smallest absolute Gasteiger partial charge is 0.223 e. The first-order chi connectivity index (χ1) is 10.6. The Balaban J connectivity index is 2.03. The fraction of sp³-hybridized carbons (Fsp3) is 0.200. The molecule has 2 N–H and O–H groups in total. The monoisotopic (exact) mass is 318 g/mol. The Kier molecular flexibility index (Phi) is 3.77. The van der Waals surface area contributed by atoms with Gasteiger partial charge in [0.15, 0.2) is 0 Å². The number of halogens is 1. The van der Waals surface area contributed by atoms with Gasteiger partial charge in [0.25, 0.3) is 0 Å². The van der Waals surface area contributed by atoms with Crippen molar-refractivity contribution in [1.29, 1.82) is 0 Å². The third-order valence-corrected chi connectivity index (χ3v) is 3.64. The molecule has 0 fully saturated rings. The number of benzene rings is 1. The summed E-state index contributed by atoms with van der Waals surface area (Å²) >= 11 is 6.09. The number of nitrogens with two attached hydrogens (primary N) is 1. The van der Waals surface area contributed by atoms with E-state index in [1.165, 1.54) is 0 Å². The third-order valence-electron chi connectivity index (χ3n) is 3.35. The van der Waals surface area contributed by atoms with Crippen molar-refractivity contribution < 1.29 is 9.47 Å². The molecule has 114 valence electrons. The number of nitrogens with zero attached hydrogens (tertiary/aromatic N) is 3. The van der Waals surface area contributed by atoms with Gasteiger partial charge < -0.3 is 19.8 Å². The highest BCUT2D eigenvalue weighted by Gasteiger charge is 2.10. The van der Waals surface area contributed by atoms with Gasteiger partial charge in [0.2, 0.25) is 5.95 Å². The number of anilines is 1. The normalized spacial score (nSPS) is 10.9. The van der Waals surface area contributed by atoms with Crippen LogP contribution >= 0.6 is 11.6 Å². The van der Waals surface area contributed by atoms with Crippen LogP contribution in [0.15, 0.2) is 30.5 Å². The molecule has 6 nitrogen and oxygen atoms in total. The zero-order valence-corrected chi connectivity index (χ0v) is 13.0. The first kappa shape index (κ1) is 14.5. The second-order valence-electron chi connectivity index (χ2n) is 4.77. The molecule has 7 heteroatoms. The molecule has 0 saturated heterocycles. The van der Waals surface area contributed by atoms with Gasteiger partial charge in [-0.1, -0.05) is 11.6 Å². The quantitative estimate of drug-likeness (QED) is 0.749. The second kappa shape index (κ2) is 5.73. The van der Waals surface area contributed by atoms with E-state index >= 15 is 0 Å². The van der Waals surface area contributed by atoms with Gasteiger partial charge in [0.1, 0.15) is 22.3 Å². The molecule has 0 bridgehead atoms. The van der Waals surface area contributed by atoms with E-state index in [0.717, 1.165) is 22.4 Å². The molecule has 0 aliphatic heterocycles. The van der Waals surface area contributed by atoms with Gasteiger partial charge in [-0.3, -0.25) is 0 Å². The Hall–Kier alpha value is -2.47. The Labute approximate surface area is 132 Å². The van der Waals surface area contributed by atoms with E-state index in [-0.39, 0.29) is 5.95 Å². The lowest BCUT2D eigenvalue weighted by Crippen LogP contribution is -2.03. The first-order valence-corrected chi connectivity index (χ1v) is 6.98. The van der Waals surface area contributed by atoms with Gasteiger partial charge in [-0.2, -0.15) is 4.98 Å². The molecule has 2 heterocycles. The highest BCUT2D eigenvalue weighted by Crippen LogP contribution is 2.26. The molecule has 0 aliphatic carbocycles. The van der Waals surface area contributed by atoms with Gasteiger partial charge in [-0.15, -0.1) is 0 Å². The first-order valence-electron chi connectivity index (χ1n) is 6.60. The highest BCUT2D eigenvalue weighted by atomic mass is 35.5. The molecule has 0 radical (unpaired) electrons. The second-order valence-corrected chi connectivity index (χ2v) is 5.13. The van der Waals surface area contributed by atoms with Crippen molar-refractivity contribution in [2.75, 3.05) is 20.0 Å². The maximum absolute atomic E-state index is 6.09. The van der Waals surface area contributed by atoms with Gasteiger partial charge >= 0.3 is 0 Å². The molecule has 3 rings (SSSR count). The number of ether oxygens (including phenoxy) is 2. The maximum Gasteiger partial charge on any atom is 0.223 e. The molecule has 0 amide bonds. The van der Waals surface area contributed by atoms with Crippen LogP contribution in [0.1, 0.15) is 5.56 Å². The lowest BCUT2D eigenvalue weighted by atomic mass is 10.2. The molecule has 3 aromatic rings. The molecular formula is C15H15ClN4O2. The van der Waals surface area contributed by atoms with Crippen molar-refractivity contribution in [3.63, 3.8) is 0 Å². The summed E-state index contributed by atoms with van der Waals surface area (Å²) in [6.45, 7) is 0.587. The molecule has 0 unspecified atom stereocenters. The van der Waals surface area contributed by atoms with Crippen LogP contribution in [-0.2, 0) is 6.54 Å². The van der Waals surface area contributed by atoms with Crippen molar-refractivity contribution in [2.24, 2.45) is 0 Å². The summed E-state index contributed by atoms with van der Waals surface area (Å²) in [7, 11) is 3.24. The lowest BCUT2D eigenvalue weighted by Gasteiger charge is -2.10. The SMILES string of the molecule is COc1cc(Cn2ccc3c(Cl)nc(N)nc32)cc(OC)c1. The van der Waals surface area contributed by atoms with E-state index in [0.29, 0.717) is 17.3 Å². The Bertz CT molecular complexity index is 810. The molecule has 22 heavy (non-hydrogen) atoms. The van der Waals surface area contributed by atoms with Crippen molar-refractivity contribution in [3.8, 4) is 11.5 Å². The molecule has 0 aliphatic rings. The minimum atomic E-state index is 0.153. The Morgan fingerprint density at radius 2 is 1.82 bits per heavy atom. The number of rotatable bonds is 4. The zero-order valence-electron chi connectivity index (χ0n) is 12.2. The van der Waals surface area contributed by atoms with E-state index in [4.69, 9.17) is 26.8 Å². The molecular weight excluding hydrogens is 304 g/mol. The summed E-state index contributed by atoms with van der Waals surface area (Å²) in [5, 5.41) is 1.12. The third kappa shape index (κ3) is 2.65. The number of nitrogen functional groups attached to an aromatic ring is 1. The zero-order chi connectivity index (χ0) is 15.7. The number of hydrogen-bond acceptors (Lipinski definition) is 5. The van der Waals surface area contributed by atoms with Crippen LogP contribution in [0.5, 0.6) is 11.5 Å². The van der Waals surface area contributed by atoms with Crippen LogP contribution in [0, 0.1) is 0 Å². The molecule has 0 saturated carbocycles. The average molecular weight is 319 g/mol. The molecule has 1 aromatic carbocycles. The van der Waals surface area contributed by atoms with E-state index in [1.54, 1.807) is 14.2 Å². The van der Waals surface area contributed by atoms with Gasteiger partial charge in [-0.25, -0.2) is 4.98 Å². The largest absolute Gasteiger partial charge is 0.497 e. The molecule has 0 spiro atoms. The average Bonchev–Trinajstić information content (AvgIpc) is 2.90. The number of fused-ring (bicyclic) bond motifs is 1. The minimum absolute atomic E-state index is 0.153. The Morgan fingerprint density at radius 3 is 2.45 bits per heavy atom. The summed E-state index contributed by atoms with van der Waals surface area (Å²) in [6.07, 6.45) is 1.90. The lowest BCUT2D eigenvalue weighted by molar-refractivity contribution is 0.393. The number of aromatic nitrogens is 3. The number of methoxy groups -OCH3 is 2. The van der Waals surface area contributed by atoms with Crippen LogP contribution in [0.25, 0.3) is 11.0 Å². The van der Waals surface area contributed by atoms with Crippen molar-refractivity contribution in [3.05, 3.63) is 41.2 Å².